The van der Waals surface area contributed by atoms with Crippen molar-refractivity contribution in [1.29, 1.82) is 0 Å². The summed E-state index contributed by atoms with van der Waals surface area (Å²) in [6.07, 6.45) is 7.14. The van der Waals surface area contributed by atoms with E-state index in [1.807, 2.05) is 22.4 Å². The molecule has 7 heteroatoms. The summed E-state index contributed by atoms with van der Waals surface area (Å²) >= 11 is 1.61. The molecule has 3 heterocycles. The van der Waals surface area contributed by atoms with E-state index in [4.69, 9.17) is 4.52 Å². The number of carbonyl (C=O) groups excluding carboxylic acids is 1. The first-order valence-corrected chi connectivity index (χ1v) is 10.5. The van der Waals surface area contributed by atoms with Gasteiger partial charge in [-0.2, -0.15) is 4.98 Å². The van der Waals surface area contributed by atoms with Crippen LogP contribution in [0.5, 0.6) is 0 Å². The van der Waals surface area contributed by atoms with Gasteiger partial charge in [-0.05, 0) is 30.2 Å². The highest BCUT2D eigenvalue weighted by molar-refractivity contribution is 7.13. The van der Waals surface area contributed by atoms with Gasteiger partial charge in [-0.15, -0.1) is 11.3 Å². The number of aromatic nitrogens is 2. The summed E-state index contributed by atoms with van der Waals surface area (Å²) in [6, 6.07) is 3.98. The van der Waals surface area contributed by atoms with Crippen LogP contribution in [0.3, 0.4) is 0 Å². The lowest BCUT2D eigenvalue weighted by Crippen LogP contribution is -2.48. The van der Waals surface area contributed by atoms with Crippen LogP contribution < -0.4 is 0 Å². The Morgan fingerprint density at radius 1 is 1.19 bits per heavy atom. The van der Waals surface area contributed by atoms with Gasteiger partial charge in [-0.3, -0.25) is 9.69 Å². The second-order valence-corrected chi connectivity index (χ2v) is 8.30. The minimum Gasteiger partial charge on any atom is -0.340 e. The molecule has 0 unspecified atom stereocenters. The number of rotatable bonds is 5. The van der Waals surface area contributed by atoms with E-state index >= 15 is 0 Å². The summed E-state index contributed by atoms with van der Waals surface area (Å²) in [5.74, 6) is 2.27. The Kier molecular flexibility index (Phi) is 5.65. The molecule has 0 bridgehead atoms. The van der Waals surface area contributed by atoms with Crippen molar-refractivity contribution in [2.75, 3.05) is 26.2 Å². The van der Waals surface area contributed by atoms with Gasteiger partial charge in [0.05, 0.1) is 11.4 Å². The molecule has 1 saturated carbocycles. The summed E-state index contributed by atoms with van der Waals surface area (Å²) in [4.78, 5) is 22.4. The molecule has 0 aromatic carbocycles. The molecule has 26 heavy (non-hydrogen) atoms. The molecule has 1 aliphatic carbocycles. The Bertz CT molecular complexity index is 701. The molecule has 2 aromatic heterocycles. The standard InChI is InChI=1S/C19H26N4O2S/c24-18(13-15-5-2-1-3-6-15)23-10-8-22(9-11-23)14-17-20-19(21-25-17)16-7-4-12-26-16/h4,7,12,15H,1-3,5-6,8-11,13-14H2. The molecule has 2 fully saturated rings. The van der Waals surface area contributed by atoms with Crippen LogP contribution in [0, 0.1) is 5.92 Å². The molecule has 0 radical (unpaired) electrons. The van der Waals surface area contributed by atoms with Gasteiger partial charge >= 0.3 is 0 Å². The van der Waals surface area contributed by atoms with Crippen LogP contribution in [-0.4, -0.2) is 52.0 Å². The van der Waals surface area contributed by atoms with Gasteiger partial charge in [0, 0.05) is 32.6 Å². The average molecular weight is 375 g/mol. The van der Waals surface area contributed by atoms with Gasteiger partial charge in [-0.1, -0.05) is 30.5 Å². The number of piperazine rings is 1. The van der Waals surface area contributed by atoms with Crippen LogP contribution in [0.2, 0.25) is 0 Å². The lowest BCUT2D eigenvalue weighted by Gasteiger charge is -2.35. The van der Waals surface area contributed by atoms with Gasteiger partial charge in [0.15, 0.2) is 0 Å². The zero-order valence-electron chi connectivity index (χ0n) is 15.1. The minimum atomic E-state index is 0.342. The molecule has 0 N–H and O–H groups in total. The predicted molar refractivity (Wildman–Crippen MR) is 101 cm³/mol. The Labute approximate surface area is 158 Å². The minimum absolute atomic E-state index is 0.342. The molecule has 1 aliphatic heterocycles. The quantitative estimate of drug-likeness (QED) is 0.802. The summed E-state index contributed by atoms with van der Waals surface area (Å²) < 4.78 is 5.39. The zero-order valence-corrected chi connectivity index (χ0v) is 15.9. The third-order valence-electron chi connectivity index (χ3n) is 5.48. The van der Waals surface area contributed by atoms with Crippen molar-refractivity contribution in [3.63, 3.8) is 0 Å². The van der Waals surface area contributed by atoms with Crippen molar-refractivity contribution in [1.82, 2.24) is 19.9 Å². The number of thiophene rings is 1. The lowest BCUT2D eigenvalue weighted by atomic mass is 9.86. The van der Waals surface area contributed by atoms with Crippen LogP contribution in [0.1, 0.15) is 44.4 Å². The fourth-order valence-electron chi connectivity index (χ4n) is 3.94. The van der Waals surface area contributed by atoms with Crippen molar-refractivity contribution in [2.24, 2.45) is 5.92 Å². The van der Waals surface area contributed by atoms with E-state index in [-0.39, 0.29) is 0 Å². The van der Waals surface area contributed by atoms with Crippen molar-refractivity contribution in [2.45, 2.75) is 45.1 Å². The average Bonchev–Trinajstić information content (AvgIpc) is 3.35. The summed E-state index contributed by atoms with van der Waals surface area (Å²) in [6.45, 7) is 4.00. The van der Waals surface area contributed by atoms with Gasteiger partial charge in [0.2, 0.25) is 17.6 Å². The van der Waals surface area contributed by atoms with E-state index in [1.54, 1.807) is 11.3 Å². The summed E-state index contributed by atoms with van der Waals surface area (Å²) in [5.41, 5.74) is 0. The molecular formula is C19H26N4O2S. The maximum absolute atomic E-state index is 12.5. The Morgan fingerprint density at radius 2 is 2.00 bits per heavy atom. The highest BCUT2D eigenvalue weighted by Gasteiger charge is 2.25. The van der Waals surface area contributed by atoms with Crippen LogP contribution in [0.15, 0.2) is 22.0 Å². The van der Waals surface area contributed by atoms with E-state index in [1.165, 1.54) is 32.1 Å². The second kappa shape index (κ2) is 8.31. The lowest BCUT2D eigenvalue weighted by molar-refractivity contribution is -0.134. The van der Waals surface area contributed by atoms with Gasteiger partial charge in [-0.25, -0.2) is 0 Å². The third-order valence-corrected chi connectivity index (χ3v) is 6.35. The van der Waals surface area contributed by atoms with Crippen molar-refractivity contribution < 1.29 is 9.32 Å². The summed E-state index contributed by atoms with van der Waals surface area (Å²) in [7, 11) is 0. The van der Waals surface area contributed by atoms with Crippen molar-refractivity contribution in [3.05, 3.63) is 23.4 Å². The largest absolute Gasteiger partial charge is 0.340 e. The maximum Gasteiger partial charge on any atom is 0.241 e. The topological polar surface area (TPSA) is 62.5 Å². The SMILES string of the molecule is O=C(CC1CCCCC1)N1CCN(Cc2nc(-c3cccs3)no2)CC1. The Balaban J connectivity index is 1.24. The zero-order chi connectivity index (χ0) is 17.8. The number of amides is 1. The molecule has 1 amide bonds. The fraction of sp³-hybridized carbons (Fsp3) is 0.632. The van der Waals surface area contributed by atoms with Crippen molar-refractivity contribution in [3.8, 4) is 10.7 Å². The number of hydrogen-bond acceptors (Lipinski definition) is 6. The molecule has 0 atom stereocenters. The summed E-state index contributed by atoms with van der Waals surface area (Å²) in [5, 5.41) is 6.07. The van der Waals surface area contributed by atoms with E-state index in [0.29, 0.717) is 30.1 Å². The van der Waals surface area contributed by atoms with Gasteiger partial charge in [0.25, 0.3) is 0 Å². The van der Waals surface area contributed by atoms with Gasteiger partial charge < -0.3 is 9.42 Å². The number of carbonyl (C=O) groups is 1. The molecule has 6 nitrogen and oxygen atoms in total. The molecule has 1 saturated heterocycles. The van der Waals surface area contributed by atoms with Crippen molar-refractivity contribution >= 4 is 17.2 Å². The van der Waals surface area contributed by atoms with Crippen LogP contribution in [0.4, 0.5) is 0 Å². The van der Waals surface area contributed by atoms with E-state index in [9.17, 15) is 4.79 Å². The Morgan fingerprint density at radius 3 is 2.73 bits per heavy atom. The molecular weight excluding hydrogens is 348 g/mol. The van der Waals surface area contributed by atoms with Gasteiger partial charge in [0.1, 0.15) is 0 Å². The monoisotopic (exact) mass is 374 g/mol. The van der Waals surface area contributed by atoms with E-state index < -0.39 is 0 Å². The Hall–Kier alpha value is -1.73. The third kappa shape index (κ3) is 4.32. The first kappa shape index (κ1) is 17.7. The van der Waals surface area contributed by atoms with E-state index in [0.717, 1.165) is 37.5 Å². The first-order valence-electron chi connectivity index (χ1n) is 9.64. The van der Waals surface area contributed by atoms with Crippen LogP contribution in [0.25, 0.3) is 10.7 Å². The number of nitrogens with zero attached hydrogens (tertiary/aromatic N) is 4. The molecule has 140 valence electrons. The molecule has 2 aromatic rings. The fourth-order valence-corrected chi connectivity index (χ4v) is 4.59. The van der Waals surface area contributed by atoms with E-state index in [2.05, 4.69) is 15.0 Å². The number of hydrogen-bond donors (Lipinski definition) is 0. The maximum atomic E-state index is 12.5. The van der Waals surface area contributed by atoms with Crippen LogP contribution in [-0.2, 0) is 11.3 Å². The molecule has 2 aliphatic rings. The predicted octanol–water partition coefficient (Wildman–Crippen LogP) is 3.41. The smallest absolute Gasteiger partial charge is 0.241 e. The first-order chi connectivity index (χ1) is 12.8. The molecule has 4 rings (SSSR count). The highest BCUT2D eigenvalue weighted by atomic mass is 32.1. The molecule has 0 spiro atoms. The second-order valence-electron chi connectivity index (χ2n) is 7.35. The normalized spacial score (nSPS) is 19.8. The van der Waals surface area contributed by atoms with Crippen LogP contribution >= 0.6 is 11.3 Å². The highest BCUT2D eigenvalue weighted by Crippen LogP contribution is 2.27.